The van der Waals surface area contributed by atoms with Gasteiger partial charge < -0.3 is 0 Å². The molecule has 3 heteroatoms. The van der Waals surface area contributed by atoms with Gasteiger partial charge in [-0.25, -0.2) is 0 Å². The van der Waals surface area contributed by atoms with Crippen molar-refractivity contribution in [3.63, 3.8) is 0 Å². The van der Waals surface area contributed by atoms with E-state index in [0.717, 1.165) is 12.0 Å². The van der Waals surface area contributed by atoms with Crippen LogP contribution in [0, 0.1) is 5.41 Å². The summed E-state index contributed by atoms with van der Waals surface area (Å²) in [5.74, 6) is 0. The summed E-state index contributed by atoms with van der Waals surface area (Å²) in [4.78, 5) is 4.01. The highest BCUT2D eigenvalue weighted by molar-refractivity contribution is 6.35. The van der Waals surface area contributed by atoms with Gasteiger partial charge in [0.05, 0.1) is 10.0 Å². The lowest BCUT2D eigenvalue weighted by atomic mass is 9.77. The maximum absolute atomic E-state index is 6.19. The van der Waals surface area contributed by atoms with Crippen LogP contribution in [0.1, 0.15) is 57.4 Å². The van der Waals surface area contributed by atoms with Crippen LogP contribution in [0.2, 0.25) is 10.0 Å². The fourth-order valence-corrected chi connectivity index (χ4v) is 3.90. The Morgan fingerprint density at radius 1 is 1.11 bits per heavy atom. The number of pyridine rings is 1. The highest BCUT2D eigenvalue weighted by Crippen LogP contribution is 2.46. The number of hydrogen-bond acceptors (Lipinski definition) is 1. The molecule has 1 fully saturated rings. The molecule has 0 bridgehead atoms. The fraction of sp³-hybridized carbons (Fsp3) is 0.667. The lowest BCUT2D eigenvalue weighted by molar-refractivity contribution is 0.246. The average molecular weight is 286 g/mol. The van der Waals surface area contributed by atoms with Crippen molar-refractivity contribution in [2.75, 3.05) is 0 Å². The minimum atomic E-state index is 0.546. The monoisotopic (exact) mass is 285 g/mol. The van der Waals surface area contributed by atoms with E-state index >= 15 is 0 Å². The van der Waals surface area contributed by atoms with Gasteiger partial charge in [0.15, 0.2) is 0 Å². The number of aromatic nitrogens is 1. The Bertz CT molecular complexity index is 377. The molecule has 2 rings (SSSR count). The number of rotatable bonds is 5. The first-order valence-electron chi connectivity index (χ1n) is 6.95. The summed E-state index contributed by atoms with van der Waals surface area (Å²) in [5.41, 5.74) is 1.63. The second-order valence-electron chi connectivity index (χ2n) is 5.54. The Balaban J connectivity index is 2.05. The molecule has 0 amide bonds. The second-order valence-corrected chi connectivity index (χ2v) is 6.35. The molecule has 1 aromatic rings. The van der Waals surface area contributed by atoms with E-state index < -0.39 is 0 Å². The van der Waals surface area contributed by atoms with E-state index in [1.165, 1.54) is 44.9 Å². The van der Waals surface area contributed by atoms with Crippen LogP contribution in [0.5, 0.6) is 0 Å². The highest BCUT2D eigenvalue weighted by Gasteiger charge is 2.32. The van der Waals surface area contributed by atoms with Crippen molar-refractivity contribution in [1.82, 2.24) is 4.98 Å². The first-order chi connectivity index (χ1) is 8.67. The Hall–Kier alpha value is -0.270. The third kappa shape index (κ3) is 3.19. The molecular weight excluding hydrogens is 265 g/mol. The summed E-state index contributed by atoms with van der Waals surface area (Å²) in [5, 5.41) is 1.43. The zero-order valence-electron chi connectivity index (χ0n) is 11.0. The molecule has 1 aliphatic carbocycles. The molecular formula is C15H21Cl2N. The summed E-state index contributed by atoms with van der Waals surface area (Å²) in [6, 6.07) is 0. The van der Waals surface area contributed by atoms with Crippen LogP contribution in [0.15, 0.2) is 12.4 Å². The Kier molecular flexibility index (Phi) is 4.91. The Labute approximate surface area is 120 Å². The maximum atomic E-state index is 6.19. The number of hydrogen-bond donors (Lipinski definition) is 0. The zero-order chi connectivity index (χ0) is 13.0. The van der Waals surface area contributed by atoms with Gasteiger partial charge in [0.2, 0.25) is 0 Å². The predicted molar refractivity (Wildman–Crippen MR) is 78.4 cm³/mol. The van der Waals surface area contributed by atoms with Crippen molar-refractivity contribution >= 4 is 23.2 Å². The molecule has 18 heavy (non-hydrogen) atoms. The molecule has 0 N–H and O–H groups in total. The van der Waals surface area contributed by atoms with E-state index in [1.807, 2.05) is 0 Å². The number of halogens is 2. The van der Waals surface area contributed by atoms with Crippen LogP contribution >= 0.6 is 23.2 Å². The third-order valence-corrected chi connectivity index (χ3v) is 4.95. The summed E-state index contributed by atoms with van der Waals surface area (Å²) in [6.45, 7) is 2.28. The van der Waals surface area contributed by atoms with Crippen molar-refractivity contribution in [2.24, 2.45) is 5.41 Å². The van der Waals surface area contributed by atoms with Crippen LogP contribution < -0.4 is 0 Å². The van der Waals surface area contributed by atoms with Gasteiger partial charge >= 0.3 is 0 Å². The molecule has 0 unspecified atom stereocenters. The lowest BCUT2D eigenvalue weighted by Gasteiger charge is -2.29. The molecule has 1 saturated carbocycles. The summed E-state index contributed by atoms with van der Waals surface area (Å²) in [7, 11) is 0. The standard InChI is InChI=1S/C15H21Cl2N/c1-2-6-15(7-3-4-8-15)9-5-12-13(16)10-18-11-14(12)17/h10-11H,2-9H2,1H3. The molecule has 1 nitrogen and oxygen atoms in total. The third-order valence-electron chi connectivity index (χ3n) is 4.30. The van der Waals surface area contributed by atoms with Crippen molar-refractivity contribution in [3.05, 3.63) is 28.0 Å². The molecule has 0 saturated heterocycles. The summed E-state index contributed by atoms with van der Waals surface area (Å²) < 4.78 is 0. The topological polar surface area (TPSA) is 12.9 Å². The van der Waals surface area contributed by atoms with E-state index in [9.17, 15) is 0 Å². The van der Waals surface area contributed by atoms with Gasteiger partial charge in [0.1, 0.15) is 0 Å². The van der Waals surface area contributed by atoms with Gasteiger partial charge in [0.25, 0.3) is 0 Å². The normalized spacial score (nSPS) is 18.2. The average Bonchev–Trinajstić information content (AvgIpc) is 2.78. The first kappa shape index (κ1) is 14.1. The molecule has 0 atom stereocenters. The Morgan fingerprint density at radius 2 is 1.72 bits per heavy atom. The van der Waals surface area contributed by atoms with Gasteiger partial charge in [-0.2, -0.15) is 0 Å². The summed E-state index contributed by atoms with van der Waals surface area (Å²) in [6.07, 6.45) is 13.7. The van der Waals surface area contributed by atoms with Crippen LogP contribution in [0.25, 0.3) is 0 Å². The van der Waals surface area contributed by atoms with E-state index in [2.05, 4.69) is 11.9 Å². The first-order valence-corrected chi connectivity index (χ1v) is 7.70. The van der Waals surface area contributed by atoms with Crippen LogP contribution in [-0.4, -0.2) is 4.98 Å². The minimum absolute atomic E-state index is 0.546. The maximum Gasteiger partial charge on any atom is 0.0636 e. The second kappa shape index (κ2) is 6.25. The van der Waals surface area contributed by atoms with Gasteiger partial charge in [-0.05, 0) is 43.1 Å². The number of nitrogens with zero attached hydrogens (tertiary/aromatic N) is 1. The van der Waals surface area contributed by atoms with Gasteiger partial charge in [0, 0.05) is 12.4 Å². The molecule has 0 aliphatic heterocycles. The fourth-order valence-electron chi connectivity index (χ4n) is 3.35. The Morgan fingerprint density at radius 3 is 2.28 bits per heavy atom. The van der Waals surface area contributed by atoms with Crippen molar-refractivity contribution in [1.29, 1.82) is 0 Å². The van der Waals surface area contributed by atoms with E-state index in [1.54, 1.807) is 12.4 Å². The highest BCUT2D eigenvalue weighted by atomic mass is 35.5. The molecule has 0 spiro atoms. The quantitative estimate of drug-likeness (QED) is 0.678. The molecule has 100 valence electrons. The van der Waals surface area contributed by atoms with E-state index in [-0.39, 0.29) is 0 Å². The van der Waals surface area contributed by atoms with Crippen LogP contribution in [0.3, 0.4) is 0 Å². The van der Waals surface area contributed by atoms with Crippen molar-refractivity contribution in [2.45, 2.75) is 58.3 Å². The smallest absolute Gasteiger partial charge is 0.0636 e. The zero-order valence-corrected chi connectivity index (χ0v) is 12.5. The van der Waals surface area contributed by atoms with Crippen molar-refractivity contribution < 1.29 is 0 Å². The minimum Gasteiger partial charge on any atom is -0.262 e. The van der Waals surface area contributed by atoms with E-state index in [0.29, 0.717) is 15.5 Å². The van der Waals surface area contributed by atoms with Gasteiger partial charge in [-0.3, -0.25) is 4.98 Å². The predicted octanol–water partition coefficient (Wildman–Crippen LogP) is 5.68. The van der Waals surface area contributed by atoms with Gasteiger partial charge in [-0.15, -0.1) is 0 Å². The molecule has 1 heterocycles. The largest absolute Gasteiger partial charge is 0.262 e. The van der Waals surface area contributed by atoms with Gasteiger partial charge in [-0.1, -0.05) is 49.4 Å². The van der Waals surface area contributed by atoms with Crippen LogP contribution in [-0.2, 0) is 6.42 Å². The molecule has 0 aromatic carbocycles. The van der Waals surface area contributed by atoms with E-state index in [4.69, 9.17) is 23.2 Å². The molecule has 1 aromatic heterocycles. The van der Waals surface area contributed by atoms with Crippen molar-refractivity contribution in [3.8, 4) is 0 Å². The molecule has 0 radical (unpaired) electrons. The SMILES string of the molecule is CCCC1(CCc2c(Cl)cncc2Cl)CCCC1. The lowest BCUT2D eigenvalue weighted by Crippen LogP contribution is -2.17. The molecule has 1 aliphatic rings. The van der Waals surface area contributed by atoms with Crippen LogP contribution in [0.4, 0.5) is 0 Å². The summed E-state index contributed by atoms with van der Waals surface area (Å²) >= 11 is 12.4.